The van der Waals surface area contributed by atoms with E-state index in [1.54, 1.807) is 36.7 Å². The van der Waals surface area contributed by atoms with E-state index in [0.29, 0.717) is 36.2 Å². The number of anilines is 1. The van der Waals surface area contributed by atoms with Gasteiger partial charge in [0.1, 0.15) is 17.3 Å². The molecule has 0 bridgehead atoms. The van der Waals surface area contributed by atoms with Gasteiger partial charge < -0.3 is 19.0 Å². The normalized spacial score (nSPS) is 15.6. The zero-order valence-corrected chi connectivity index (χ0v) is 17.6. The summed E-state index contributed by atoms with van der Waals surface area (Å²) in [4.78, 5) is 17.2. The molecule has 1 saturated heterocycles. The molecule has 0 spiro atoms. The minimum absolute atomic E-state index is 0.0373. The Balaban J connectivity index is 1.49. The van der Waals surface area contributed by atoms with E-state index >= 15 is 0 Å². The number of ether oxygens (including phenoxy) is 1. The molecular formula is C25H21F2N3O3. The molecule has 1 amide bonds. The zero-order valence-electron chi connectivity index (χ0n) is 17.6. The third-order valence-electron chi connectivity index (χ3n) is 5.62. The molecule has 1 fully saturated rings. The first-order valence-corrected chi connectivity index (χ1v) is 10.6. The average molecular weight is 449 g/mol. The molecule has 33 heavy (non-hydrogen) atoms. The third kappa shape index (κ3) is 4.42. The number of carbonyl (C=O) groups is 1. The third-order valence-corrected chi connectivity index (χ3v) is 5.62. The van der Waals surface area contributed by atoms with Crippen molar-refractivity contribution in [1.82, 2.24) is 9.55 Å². The maximum Gasteiger partial charge on any atom is 0.291 e. The Kier molecular flexibility index (Phi) is 5.75. The number of hydrogen-bond donors (Lipinski definition) is 1. The van der Waals surface area contributed by atoms with E-state index in [1.165, 1.54) is 30.3 Å². The first-order valence-electron chi connectivity index (χ1n) is 10.6. The van der Waals surface area contributed by atoms with Crippen LogP contribution < -0.4 is 5.32 Å². The molecule has 5 rings (SSSR count). The molecule has 1 N–H and O–H groups in total. The fourth-order valence-electron chi connectivity index (χ4n) is 3.94. The number of amides is 1. The quantitative estimate of drug-likeness (QED) is 0.429. The molecule has 1 unspecified atom stereocenters. The molecule has 0 saturated carbocycles. The second-order valence-electron chi connectivity index (χ2n) is 7.93. The highest BCUT2D eigenvalue weighted by Crippen LogP contribution is 2.34. The fourth-order valence-corrected chi connectivity index (χ4v) is 3.94. The van der Waals surface area contributed by atoms with Crippen molar-refractivity contribution in [2.45, 2.75) is 13.0 Å². The van der Waals surface area contributed by atoms with Gasteiger partial charge in [-0.3, -0.25) is 4.79 Å². The Labute approximate surface area is 188 Å². The summed E-state index contributed by atoms with van der Waals surface area (Å²) >= 11 is 0. The number of imidazole rings is 1. The number of hydrogen-bond acceptors (Lipinski definition) is 4. The number of carbonyl (C=O) groups excluding carboxylic acids is 1. The van der Waals surface area contributed by atoms with Crippen LogP contribution in [0.25, 0.3) is 22.7 Å². The molecule has 0 radical (unpaired) electrons. The molecule has 3 heterocycles. The van der Waals surface area contributed by atoms with Gasteiger partial charge in [-0.25, -0.2) is 13.8 Å². The molecular weight excluding hydrogens is 428 g/mol. The van der Waals surface area contributed by atoms with Gasteiger partial charge in [-0.1, -0.05) is 12.1 Å². The highest BCUT2D eigenvalue weighted by atomic mass is 19.1. The monoisotopic (exact) mass is 449 g/mol. The van der Waals surface area contributed by atoms with Gasteiger partial charge in [0, 0.05) is 24.6 Å². The van der Waals surface area contributed by atoms with Gasteiger partial charge in [0.25, 0.3) is 5.91 Å². The van der Waals surface area contributed by atoms with Crippen molar-refractivity contribution in [1.29, 1.82) is 0 Å². The Morgan fingerprint density at radius 1 is 1.09 bits per heavy atom. The van der Waals surface area contributed by atoms with Gasteiger partial charge in [-0.15, -0.1) is 0 Å². The summed E-state index contributed by atoms with van der Waals surface area (Å²) in [6.45, 7) is 2.06. The van der Waals surface area contributed by atoms with Crippen molar-refractivity contribution in [2.75, 3.05) is 18.5 Å². The Morgan fingerprint density at radius 2 is 1.91 bits per heavy atom. The van der Waals surface area contributed by atoms with E-state index in [9.17, 15) is 13.6 Å². The first-order chi connectivity index (χ1) is 16.1. The maximum absolute atomic E-state index is 13.9. The van der Waals surface area contributed by atoms with Crippen molar-refractivity contribution in [2.24, 2.45) is 5.92 Å². The van der Waals surface area contributed by atoms with Crippen LogP contribution in [0.4, 0.5) is 14.5 Å². The smallest absolute Gasteiger partial charge is 0.291 e. The van der Waals surface area contributed by atoms with Gasteiger partial charge in [0.05, 0.1) is 24.3 Å². The number of benzene rings is 2. The second-order valence-corrected chi connectivity index (χ2v) is 7.93. The number of halogens is 2. The fraction of sp³-hybridized carbons (Fsp3) is 0.200. The summed E-state index contributed by atoms with van der Waals surface area (Å²) in [6, 6.07) is 15.2. The maximum atomic E-state index is 13.9. The molecule has 1 aliphatic rings. The molecule has 0 aliphatic carbocycles. The van der Waals surface area contributed by atoms with Crippen LogP contribution in [0, 0.1) is 17.6 Å². The number of furan rings is 1. The van der Waals surface area contributed by atoms with Gasteiger partial charge in [-0.05, 0) is 55.0 Å². The van der Waals surface area contributed by atoms with Gasteiger partial charge >= 0.3 is 0 Å². The van der Waals surface area contributed by atoms with Crippen molar-refractivity contribution in [3.05, 3.63) is 84.4 Å². The second kappa shape index (κ2) is 8.99. The van der Waals surface area contributed by atoms with E-state index in [1.807, 2.05) is 4.57 Å². The lowest BCUT2D eigenvalue weighted by Gasteiger charge is -2.12. The molecule has 8 heteroatoms. The first kappa shape index (κ1) is 21.1. The number of para-hydroxylation sites is 1. The number of rotatable bonds is 6. The van der Waals surface area contributed by atoms with Crippen molar-refractivity contribution < 1.29 is 22.7 Å². The lowest BCUT2D eigenvalue weighted by molar-refractivity contribution is 0.0997. The number of nitrogens with zero attached hydrogens (tertiary/aromatic N) is 2. The van der Waals surface area contributed by atoms with E-state index in [4.69, 9.17) is 9.15 Å². The van der Waals surface area contributed by atoms with Crippen molar-refractivity contribution >= 4 is 11.6 Å². The Morgan fingerprint density at radius 3 is 2.67 bits per heavy atom. The number of aromatic nitrogens is 2. The minimum atomic E-state index is -0.565. The van der Waals surface area contributed by atoms with Crippen LogP contribution in [0.1, 0.15) is 17.0 Å². The Bertz CT molecular complexity index is 1270. The summed E-state index contributed by atoms with van der Waals surface area (Å²) < 4.78 is 40.7. The standard InChI is InChI=1S/C25H21F2N3O3/c26-18-7-5-17(6-8-18)23-24(30(15-28-23)13-16-11-12-32-14-16)21-9-10-22(33-21)25(31)29-20-4-2-1-3-19(20)27/h1-10,15-16H,11-14H2,(H,29,31). The van der Waals surface area contributed by atoms with E-state index in [2.05, 4.69) is 10.3 Å². The van der Waals surface area contributed by atoms with E-state index in [0.717, 1.165) is 18.6 Å². The SMILES string of the molecule is O=C(Nc1ccccc1F)c1ccc(-c2c(-c3ccc(F)cc3)ncn2CC2CCOC2)o1. The predicted octanol–water partition coefficient (Wildman–Crippen LogP) is 5.38. The molecule has 2 aromatic heterocycles. The topological polar surface area (TPSA) is 69.3 Å². The molecule has 6 nitrogen and oxygen atoms in total. The van der Waals surface area contributed by atoms with Crippen LogP contribution in [0.15, 0.2) is 71.4 Å². The summed E-state index contributed by atoms with van der Waals surface area (Å²) in [5, 5.41) is 2.52. The summed E-state index contributed by atoms with van der Waals surface area (Å²) in [6.07, 6.45) is 2.66. The highest BCUT2D eigenvalue weighted by molar-refractivity contribution is 6.02. The molecule has 2 aromatic carbocycles. The average Bonchev–Trinajstić information content (AvgIpc) is 3.57. The van der Waals surface area contributed by atoms with E-state index < -0.39 is 11.7 Å². The highest BCUT2D eigenvalue weighted by Gasteiger charge is 2.24. The largest absolute Gasteiger partial charge is 0.449 e. The molecule has 1 atom stereocenters. The molecule has 168 valence electrons. The summed E-state index contributed by atoms with van der Waals surface area (Å²) in [5.41, 5.74) is 2.09. The van der Waals surface area contributed by atoms with Crippen LogP contribution in [0.2, 0.25) is 0 Å². The lowest BCUT2D eigenvalue weighted by Crippen LogP contribution is -2.12. The summed E-state index contributed by atoms with van der Waals surface area (Å²) in [7, 11) is 0. The zero-order chi connectivity index (χ0) is 22.8. The van der Waals surface area contributed by atoms with Crippen molar-refractivity contribution in [3.8, 4) is 22.7 Å². The van der Waals surface area contributed by atoms with Gasteiger partial charge in [0.15, 0.2) is 11.5 Å². The lowest BCUT2D eigenvalue weighted by atomic mass is 10.1. The minimum Gasteiger partial charge on any atom is -0.449 e. The Hall–Kier alpha value is -3.78. The summed E-state index contributed by atoms with van der Waals surface area (Å²) in [5.74, 6) is -0.636. The van der Waals surface area contributed by atoms with Gasteiger partial charge in [-0.2, -0.15) is 0 Å². The van der Waals surface area contributed by atoms with Crippen LogP contribution in [0.3, 0.4) is 0 Å². The van der Waals surface area contributed by atoms with E-state index in [-0.39, 0.29) is 17.3 Å². The van der Waals surface area contributed by atoms with Crippen LogP contribution in [-0.4, -0.2) is 28.7 Å². The van der Waals surface area contributed by atoms with Crippen LogP contribution in [0.5, 0.6) is 0 Å². The van der Waals surface area contributed by atoms with Crippen LogP contribution in [-0.2, 0) is 11.3 Å². The molecule has 4 aromatic rings. The number of nitrogens with one attached hydrogen (secondary N) is 1. The van der Waals surface area contributed by atoms with Crippen molar-refractivity contribution in [3.63, 3.8) is 0 Å². The predicted molar refractivity (Wildman–Crippen MR) is 119 cm³/mol. The molecule has 1 aliphatic heterocycles. The van der Waals surface area contributed by atoms with Crippen LogP contribution >= 0.6 is 0 Å². The van der Waals surface area contributed by atoms with Gasteiger partial charge in [0.2, 0.25) is 0 Å².